The van der Waals surface area contributed by atoms with Crippen LogP contribution in [0, 0.1) is 0 Å². The maximum absolute atomic E-state index is 8.17. The van der Waals surface area contributed by atoms with Crippen molar-refractivity contribution in [1.29, 1.82) is 0 Å². The molecule has 0 fully saturated rings. The lowest BCUT2D eigenvalue weighted by molar-refractivity contribution is -0.137. The molecule has 0 aromatic heterocycles. The van der Waals surface area contributed by atoms with Crippen LogP contribution in [-0.2, 0) is 0 Å². The summed E-state index contributed by atoms with van der Waals surface area (Å²) < 4.78 is 0. The predicted octanol–water partition coefficient (Wildman–Crippen LogP) is 2.85. The summed E-state index contributed by atoms with van der Waals surface area (Å²) in [6.45, 7) is 0. The normalized spacial score (nSPS) is 9.50. The average Bonchev–Trinajstić information content (AvgIpc) is 1.85. The van der Waals surface area contributed by atoms with Gasteiger partial charge in [0.2, 0.25) is 0 Å². The Balaban J connectivity index is 3.06. The summed E-state index contributed by atoms with van der Waals surface area (Å²) in [5.74, 6) is 0.234. The molecule has 0 aliphatic heterocycles. The van der Waals surface area contributed by atoms with Crippen LogP contribution in [0.25, 0.3) is 0 Å². The molecule has 0 spiro atoms. The summed E-state index contributed by atoms with van der Waals surface area (Å²) in [5.41, 5.74) is 0. The summed E-state index contributed by atoms with van der Waals surface area (Å²) in [6, 6.07) is 4.45. The first-order valence-corrected chi connectivity index (χ1v) is 3.25. The summed E-state index contributed by atoms with van der Waals surface area (Å²) in [4.78, 5) is 3.91. The Kier molecular flexibility index (Phi) is 2.38. The third-order valence-electron chi connectivity index (χ3n) is 0.941. The van der Waals surface area contributed by atoms with E-state index >= 15 is 0 Å². The van der Waals surface area contributed by atoms with Gasteiger partial charge >= 0.3 is 0 Å². The predicted molar refractivity (Wildman–Crippen MR) is 39.7 cm³/mol. The minimum Gasteiger partial charge on any atom is -0.340 e. The van der Waals surface area contributed by atoms with Gasteiger partial charge in [0, 0.05) is 22.2 Å². The summed E-state index contributed by atoms with van der Waals surface area (Å²) in [5, 5.41) is 9.02. The van der Waals surface area contributed by atoms with Gasteiger partial charge in [-0.15, -0.1) is 0 Å². The second-order valence-electron chi connectivity index (χ2n) is 1.70. The molecule has 4 heteroatoms. The fourth-order valence-corrected chi connectivity index (χ4v) is 1.09. The molecule has 0 atom stereocenters. The Hall–Kier alpha value is -0.440. The monoisotopic (exact) mass is 178 g/mol. The fourth-order valence-electron chi connectivity index (χ4n) is 0.581. The van der Waals surface area contributed by atoms with Crippen molar-refractivity contribution in [3.63, 3.8) is 0 Å². The minimum atomic E-state index is 0.234. The molecule has 0 bridgehead atoms. The third kappa shape index (κ3) is 1.77. The molecule has 1 rings (SSSR count). The summed E-state index contributed by atoms with van der Waals surface area (Å²) in [7, 11) is 0. The zero-order valence-corrected chi connectivity index (χ0v) is 6.36. The van der Waals surface area contributed by atoms with Crippen LogP contribution in [0.15, 0.2) is 18.2 Å². The van der Waals surface area contributed by atoms with E-state index in [2.05, 4.69) is 4.89 Å². The van der Waals surface area contributed by atoms with E-state index in [-0.39, 0.29) is 5.75 Å². The molecule has 0 aliphatic rings. The van der Waals surface area contributed by atoms with E-state index in [9.17, 15) is 0 Å². The van der Waals surface area contributed by atoms with Crippen LogP contribution in [0.2, 0.25) is 10.0 Å². The van der Waals surface area contributed by atoms with Gasteiger partial charge in [-0.05, 0) is 6.07 Å². The van der Waals surface area contributed by atoms with Crippen LogP contribution in [0.1, 0.15) is 0 Å². The molecule has 54 valence electrons. The highest BCUT2D eigenvalue weighted by Crippen LogP contribution is 2.23. The van der Waals surface area contributed by atoms with Gasteiger partial charge in [0.15, 0.2) is 5.75 Å². The molecule has 1 N–H and O–H groups in total. The van der Waals surface area contributed by atoms with Crippen LogP contribution in [0.3, 0.4) is 0 Å². The molecule has 0 saturated heterocycles. The Morgan fingerprint density at radius 1 is 1.10 bits per heavy atom. The molecule has 0 amide bonds. The standard InChI is InChI=1S/C6H4Cl2O2/c7-4-1-5(8)3-6(2-4)10-9/h1-3,9H. The lowest BCUT2D eigenvalue weighted by Gasteiger charge is -1.96. The Bertz CT molecular complexity index is 217. The lowest BCUT2D eigenvalue weighted by Crippen LogP contribution is -1.82. The second kappa shape index (κ2) is 3.10. The molecule has 1 aromatic carbocycles. The van der Waals surface area contributed by atoms with Crippen molar-refractivity contribution in [2.24, 2.45) is 0 Å². The van der Waals surface area contributed by atoms with Gasteiger partial charge in [0.05, 0.1) is 0 Å². The first-order valence-electron chi connectivity index (χ1n) is 2.50. The number of hydrogen-bond acceptors (Lipinski definition) is 2. The molecule has 1 aromatic rings. The molecule has 0 radical (unpaired) electrons. The van der Waals surface area contributed by atoms with E-state index in [1.807, 2.05) is 0 Å². The first-order chi connectivity index (χ1) is 4.72. The highest BCUT2D eigenvalue weighted by Gasteiger charge is 1.96. The zero-order chi connectivity index (χ0) is 7.56. The average molecular weight is 179 g/mol. The topological polar surface area (TPSA) is 29.5 Å². The highest BCUT2D eigenvalue weighted by atomic mass is 35.5. The van der Waals surface area contributed by atoms with Gasteiger partial charge in [-0.25, -0.2) is 5.26 Å². The number of benzene rings is 1. The Morgan fingerprint density at radius 3 is 2.00 bits per heavy atom. The van der Waals surface area contributed by atoms with Gasteiger partial charge < -0.3 is 4.89 Å². The molecule has 0 unspecified atom stereocenters. The minimum absolute atomic E-state index is 0.234. The van der Waals surface area contributed by atoms with Gasteiger partial charge in [-0.3, -0.25) is 0 Å². The molecule has 0 heterocycles. The molecular formula is C6H4Cl2O2. The number of rotatable bonds is 1. The van der Waals surface area contributed by atoms with Crippen molar-refractivity contribution in [3.8, 4) is 5.75 Å². The molecule has 0 saturated carbocycles. The van der Waals surface area contributed by atoms with Crippen molar-refractivity contribution < 1.29 is 10.1 Å². The van der Waals surface area contributed by atoms with Crippen LogP contribution >= 0.6 is 23.2 Å². The van der Waals surface area contributed by atoms with Crippen molar-refractivity contribution in [3.05, 3.63) is 28.2 Å². The van der Waals surface area contributed by atoms with E-state index in [1.165, 1.54) is 12.1 Å². The van der Waals surface area contributed by atoms with Gasteiger partial charge in [0.1, 0.15) is 0 Å². The molecule has 10 heavy (non-hydrogen) atoms. The van der Waals surface area contributed by atoms with E-state index in [0.29, 0.717) is 10.0 Å². The van der Waals surface area contributed by atoms with Crippen LogP contribution < -0.4 is 4.89 Å². The van der Waals surface area contributed by atoms with E-state index in [1.54, 1.807) is 6.07 Å². The summed E-state index contributed by atoms with van der Waals surface area (Å²) >= 11 is 11.1. The molecule has 0 aliphatic carbocycles. The second-order valence-corrected chi connectivity index (χ2v) is 2.57. The maximum atomic E-state index is 8.17. The Morgan fingerprint density at radius 2 is 1.60 bits per heavy atom. The smallest absolute Gasteiger partial charge is 0.168 e. The van der Waals surface area contributed by atoms with E-state index < -0.39 is 0 Å². The van der Waals surface area contributed by atoms with Crippen LogP contribution in [0.5, 0.6) is 5.75 Å². The number of hydrogen-bond donors (Lipinski definition) is 1. The third-order valence-corrected chi connectivity index (χ3v) is 1.38. The Labute approximate surface area is 67.9 Å². The largest absolute Gasteiger partial charge is 0.340 e. The lowest BCUT2D eigenvalue weighted by atomic mass is 10.3. The fraction of sp³-hybridized carbons (Fsp3) is 0. The van der Waals surface area contributed by atoms with Gasteiger partial charge in [-0.2, -0.15) is 0 Å². The maximum Gasteiger partial charge on any atom is 0.168 e. The van der Waals surface area contributed by atoms with Crippen LogP contribution in [0.4, 0.5) is 0 Å². The van der Waals surface area contributed by atoms with Crippen molar-refractivity contribution in [2.75, 3.05) is 0 Å². The SMILES string of the molecule is OOc1cc(Cl)cc(Cl)c1. The van der Waals surface area contributed by atoms with Crippen molar-refractivity contribution in [2.45, 2.75) is 0 Å². The zero-order valence-electron chi connectivity index (χ0n) is 4.84. The highest BCUT2D eigenvalue weighted by molar-refractivity contribution is 6.34. The molecular weight excluding hydrogens is 175 g/mol. The van der Waals surface area contributed by atoms with E-state index in [4.69, 9.17) is 28.5 Å². The van der Waals surface area contributed by atoms with Gasteiger partial charge in [0.25, 0.3) is 0 Å². The van der Waals surface area contributed by atoms with Crippen molar-refractivity contribution in [1.82, 2.24) is 0 Å². The summed E-state index contributed by atoms with van der Waals surface area (Å²) in [6.07, 6.45) is 0. The molecule has 2 nitrogen and oxygen atoms in total. The first kappa shape index (κ1) is 7.66. The van der Waals surface area contributed by atoms with E-state index in [0.717, 1.165) is 0 Å². The van der Waals surface area contributed by atoms with Crippen LogP contribution in [-0.4, -0.2) is 5.26 Å². The van der Waals surface area contributed by atoms with Gasteiger partial charge in [-0.1, -0.05) is 23.2 Å². The van der Waals surface area contributed by atoms with Crippen molar-refractivity contribution >= 4 is 23.2 Å². The number of halogens is 2. The quantitative estimate of drug-likeness (QED) is 0.530.